The lowest BCUT2D eigenvalue weighted by Gasteiger charge is -2.19. The highest BCUT2D eigenvalue weighted by molar-refractivity contribution is 6.24. The number of fused-ring (bicyclic) bond motifs is 7. The fraction of sp³-hybridized carbons (Fsp3) is 0. The lowest BCUT2D eigenvalue weighted by molar-refractivity contribution is 1.62. The summed E-state index contributed by atoms with van der Waals surface area (Å²) in [6.07, 6.45) is 0. The molecule has 0 fully saturated rings. The molecule has 0 N–H and O–H groups in total. The number of benzene rings is 12. The van der Waals surface area contributed by atoms with Crippen LogP contribution in [0.25, 0.3) is 120 Å². The van der Waals surface area contributed by atoms with E-state index in [0.717, 1.165) is 0 Å². The van der Waals surface area contributed by atoms with Gasteiger partial charge in [-0.15, -0.1) is 0 Å². The first-order valence-corrected chi connectivity index (χ1v) is 20.8. The molecule has 0 amide bonds. The van der Waals surface area contributed by atoms with E-state index in [4.69, 9.17) is 0 Å². The van der Waals surface area contributed by atoms with Crippen LogP contribution >= 0.6 is 0 Å². The zero-order chi connectivity index (χ0) is 39.6. The summed E-state index contributed by atoms with van der Waals surface area (Å²) < 4.78 is 0. The molecule has 0 heteroatoms. The molecule has 0 atom stereocenters. The first-order valence-electron chi connectivity index (χ1n) is 20.8. The predicted molar refractivity (Wildman–Crippen MR) is 259 cm³/mol. The van der Waals surface area contributed by atoms with Crippen LogP contribution in [0.2, 0.25) is 0 Å². The minimum Gasteiger partial charge on any atom is -0.0622 e. The third-order valence-electron chi connectivity index (χ3n) is 12.6. The SMILES string of the molecule is c1ccc(-c2c3ccccc3c(-c3ccc(-c4ccc5c(-c6ccccc6)c6ccccc6c(-c6ccc7c(ccc8ccccc87)c6)c5c4)cc3)c3ccccc23)cc1. The average Bonchev–Trinajstić information content (AvgIpc) is 3.32. The Morgan fingerprint density at radius 2 is 0.483 bits per heavy atom. The van der Waals surface area contributed by atoms with Gasteiger partial charge in [-0.05, 0) is 132 Å². The Labute approximate surface area is 349 Å². The topological polar surface area (TPSA) is 0 Å². The van der Waals surface area contributed by atoms with Crippen LogP contribution in [-0.2, 0) is 0 Å². The minimum absolute atomic E-state index is 1.19. The van der Waals surface area contributed by atoms with Crippen molar-refractivity contribution in [1.29, 1.82) is 0 Å². The van der Waals surface area contributed by atoms with Gasteiger partial charge in [-0.1, -0.05) is 218 Å². The summed E-state index contributed by atoms with van der Waals surface area (Å²) in [5.74, 6) is 0. The fourth-order valence-electron chi connectivity index (χ4n) is 9.94. The summed E-state index contributed by atoms with van der Waals surface area (Å²) >= 11 is 0. The van der Waals surface area contributed by atoms with Gasteiger partial charge in [-0.3, -0.25) is 0 Å². The number of hydrogen-bond acceptors (Lipinski definition) is 0. The van der Waals surface area contributed by atoms with Gasteiger partial charge >= 0.3 is 0 Å². The fourth-order valence-corrected chi connectivity index (χ4v) is 9.94. The highest BCUT2D eigenvalue weighted by Gasteiger charge is 2.19. The van der Waals surface area contributed by atoms with Crippen molar-refractivity contribution in [2.75, 3.05) is 0 Å². The Morgan fingerprint density at radius 3 is 1.02 bits per heavy atom. The smallest absolute Gasteiger partial charge is 0.00259 e. The minimum atomic E-state index is 1.19. The largest absolute Gasteiger partial charge is 0.0622 e. The molecule has 0 saturated heterocycles. The van der Waals surface area contributed by atoms with Gasteiger partial charge in [0.15, 0.2) is 0 Å². The van der Waals surface area contributed by atoms with Crippen molar-refractivity contribution in [3.05, 3.63) is 231 Å². The zero-order valence-corrected chi connectivity index (χ0v) is 32.9. The van der Waals surface area contributed by atoms with E-state index in [1.165, 1.54) is 120 Å². The number of hydrogen-bond donors (Lipinski definition) is 0. The molecule has 0 saturated carbocycles. The molecule has 12 aromatic carbocycles. The maximum atomic E-state index is 2.43. The van der Waals surface area contributed by atoms with Crippen molar-refractivity contribution in [3.63, 3.8) is 0 Å². The summed E-state index contributed by atoms with van der Waals surface area (Å²) in [5.41, 5.74) is 12.4. The molecule has 278 valence electrons. The molecule has 0 aliphatic carbocycles. The van der Waals surface area contributed by atoms with Crippen molar-refractivity contribution in [3.8, 4) is 55.6 Å². The van der Waals surface area contributed by atoms with E-state index in [1.54, 1.807) is 0 Å². The van der Waals surface area contributed by atoms with Gasteiger partial charge in [0, 0.05) is 0 Å². The summed E-state index contributed by atoms with van der Waals surface area (Å²) in [7, 11) is 0. The molecule has 0 aliphatic heterocycles. The van der Waals surface area contributed by atoms with Gasteiger partial charge < -0.3 is 0 Å². The van der Waals surface area contributed by atoms with Crippen LogP contribution in [0.15, 0.2) is 231 Å². The Bertz CT molecular complexity index is 3560. The molecule has 0 aromatic heterocycles. The predicted octanol–water partition coefficient (Wildman–Crippen LogP) is 16.9. The van der Waals surface area contributed by atoms with Crippen molar-refractivity contribution >= 4 is 64.6 Å². The molecule has 0 nitrogen and oxygen atoms in total. The maximum absolute atomic E-state index is 2.43. The third kappa shape index (κ3) is 5.46. The molecule has 60 heavy (non-hydrogen) atoms. The molecule has 0 bridgehead atoms. The highest BCUT2D eigenvalue weighted by Crippen LogP contribution is 2.47. The Kier molecular flexibility index (Phi) is 7.96. The van der Waals surface area contributed by atoms with Gasteiger partial charge in [0.05, 0.1) is 0 Å². The van der Waals surface area contributed by atoms with Crippen molar-refractivity contribution < 1.29 is 0 Å². The van der Waals surface area contributed by atoms with Crippen LogP contribution in [0.3, 0.4) is 0 Å². The average molecular weight is 759 g/mol. The van der Waals surface area contributed by atoms with Crippen molar-refractivity contribution in [1.82, 2.24) is 0 Å². The normalized spacial score (nSPS) is 11.7. The van der Waals surface area contributed by atoms with Crippen LogP contribution in [-0.4, -0.2) is 0 Å². The van der Waals surface area contributed by atoms with E-state index in [0.29, 0.717) is 0 Å². The molecule has 0 aliphatic rings. The van der Waals surface area contributed by atoms with E-state index in [2.05, 4.69) is 231 Å². The summed E-state index contributed by atoms with van der Waals surface area (Å²) in [6.45, 7) is 0. The molecular weight excluding hydrogens is 721 g/mol. The lowest BCUT2D eigenvalue weighted by atomic mass is 9.84. The van der Waals surface area contributed by atoms with Crippen LogP contribution in [0, 0.1) is 0 Å². The van der Waals surface area contributed by atoms with Gasteiger partial charge in [0.1, 0.15) is 0 Å². The van der Waals surface area contributed by atoms with Crippen molar-refractivity contribution in [2.24, 2.45) is 0 Å². The maximum Gasteiger partial charge on any atom is -0.00259 e. The summed E-state index contributed by atoms with van der Waals surface area (Å²) in [5, 5.41) is 15.2. The first kappa shape index (κ1) is 34.3. The Balaban J connectivity index is 1.06. The molecule has 12 rings (SSSR count). The van der Waals surface area contributed by atoms with Crippen LogP contribution in [0.5, 0.6) is 0 Å². The molecule has 0 radical (unpaired) electrons. The van der Waals surface area contributed by atoms with Gasteiger partial charge in [-0.25, -0.2) is 0 Å². The second-order valence-corrected chi connectivity index (χ2v) is 15.9. The van der Waals surface area contributed by atoms with Crippen molar-refractivity contribution in [2.45, 2.75) is 0 Å². The molecular formula is C60H38. The van der Waals surface area contributed by atoms with Gasteiger partial charge in [0.2, 0.25) is 0 Å². The second-order valence-electron chi connectivity index (χ2n) is 15.9. The second kappa shape index (κ2) is 13.9. The van der Waals surface area contributed by atoms with E-state index >= 15 is 0 Å². The molecule has 0 heterocycles. The van der Waals surface area contributed by atoms with E-state index in [9.17, 15) is 0 Å². The van der Waals surface area contributed by atoms with Crippen LogP contribution < -0.4 is 0 Å². The van der Waals surface area contributed by atoms with E-state index < -0.39 is 0 Å². The first-order chi connectivity index (χ1) is 29.8. The van der Waals surface area contributed by atoms with E-state index in [-0.39, 0.29) is 0 Å². The molecule has 12 aromatic rings. The standard InChI is InChI=1S/C60H38/c1-3-16-41(17-4-1)57-49-21-9-11-23-51(49)59(52-24-12-10-22-50(52)57)43-30-27-39(28-31-43)44-33-36-55-56(38-44)60(54-26-14-13-25-53(54)58(55)42-18-5-2-6-19-42)46-34-35-48-45(37-46)32-29-40-15-7-8-20-47(40)48/h1-38H. The molecule has 0 spiro atoms. The summed E-state index contributed by atoms with van der Waals surface area (Å²) in [4.78, 5) is 0. The lowest BCUT2D eigenvalue weighted by Crippen LogP contribution is -1.92. The number of rotatable bonds is 5. The Morgan fingerprint density at radius 1 is 0.150 bits per heavy atom. The summed E-state index contributed by atoms with van der Waals surface area (Å²) in [6, 6.07) is 85.1. The third-order valence-corrected chi connectivity index (χ3v) is 12.6. The van der Waals surface area contributed by atoms with Crippen LogP contribution in [0.4, 0.5) is 0 Å². The van der Waals surface area contributed by atoms with Gasteiger partial charge in [0.25, 0.3) is 0 Å². The quantitative estimate of drug-likeness (QED) is 0.121. The van der Waals surface area contributed by atoms with Gasteiger partial charge in [-0.2, -0.15) is 0 Å². The highest BCUT2D eigenvalue weighted by atomic mass is 14.2. The van der Waals surface area contributed by atoms with E-state index in [1.807, 2.05) is 0 Å². The Hall–Kier alpha value is -7.80. The zero-order valence-electron chi connectivity index (χ0n) is 32.9. The van der Waals surface area contributed by atoms with Crippen LogP contribution in [0.1, 0.15) is 0 Å². The monoisotopic (exact) mass is 758 g/mol. The molecule has 0 unspecified atom stereocenters.